The smallest absolute Gasteiger partial charge is 0.219 e. The molecular weight excluding hydrogens is 408 g/mol. The number of nitrogens with zero attached hydrogens (tertiary/aromatic N) is 8. The molecule has 0 radical (unpaired) electrons. The normalized spacial score (nSPS) is 8.87. The molecule has 30 heavy (non-hydrogen) atoms. The summed E-state index contributed by atoms with van der Waals surface area (Å²) in [5.41, 5.74) is 21.7. The molecule has 13 heteroatoms. The van der Waals surface area contributed by atoms with Gasteiger partial charge in [-0.15, -0.1) is 15.3 Å². The number of rotatable bonds is 0. The van der Waals surface area contributed by atoms with Crippen LogP contribution in [-0.4, -0.2) is 40.3 Å². The summed E-state index contributed by atoms with van der Waals surface area (Å²) in [6.45, 7) is 1.87. The van der Waals surface area contributed by atoms with Gasteiger partial charge >= 0.3 is 0 Å². The minimum Gasteiger partial charge on any atom is -0.384 e. The zero-order chi connectivity index (χ0) is 22.2. The van der Waals surface area contributed by atoms with Gasteiger partial charge in [-0.2, -0.15) is 5.10 Å². The van der Waals surface area contributed by atoms with Crippen LogP contribution >= 0.6 is 11.6 Å². The Balaban J connectivity index is 0.000000200. The summed E-state index contributed by atoms with van der Waals surface area (Å²) in [5.74, 6) is 1.68. The fourth-order valence-corrected chi connectivity index (χ4v) is 1.45. The minimum absolute atomic E-state index is 0.322. The van der Waals surface area contributed by atoms with Crippen molar-refractivity contribution in [3.05, 3.63) is 72.2 Å². The van der Waals surface area contributed by atoms with Crippen LogP contribution < -0.4 is 22.9 Å². The summed E-state index contributed by atoms with van der Waals surface area (Å²) in [6.07, 6.45) is 6.21. The lowest BCUT2D eigenvalue weighted by Crippen LogP contribution is -1.92. The van der Waals surface area contributed by atoms with Gasteiger partial charge in [0.2, 0.25) is 5.95 Å². The molecule has 0 bridgehead atoms. The molecule has 4 heterocycles. The lowest BCUT2D eigenvalue weighted by molar-refractivity contribution is 0.990. The van der Waals surface area contributed by atoms with Crippen molar-refractivity contribution in [1.82, 2.24) is 40.3 Å². The van der Waals surface area contributed by atoms with Crippen molar-refractivity contribution in [2.75, 3.05) is 22.9 Å². The molecule has 0 saturated heterocycles. The molecule has 0 aromatic carbocycles. The van der Waals surface area contributed by atoms with Crippen LogP contribution in [0.2, 0.25) is 5.15 Å². The molecule has 0 amide bonds. The van der Waals surface area contributed by atoms with Crippen LogP contribution in [0.3, 0.4) is 0 Å². The summed E-state index contributed by atoms with van der Waals surface area (Å²) in [4.78, 5) is 14.6. The number of nitrogen functional groups attached to an aromatic ring is 4. The Kier molecular flexibility index (Phi) is 11.1. The van der Waals surface area contributed by atoms with Crippen LogP contribution in [0.5, 0.6) is 0 Å². The highest BCUT2D eigenvalue weighted by molar-refractivity contribution is 6.29. The Bertz CT molecular complexity index is 815. The zero-order valence-electron chi connectivity index (χ0n) is 16.0. The summed E-state index contributed by atoms with van der Waals surface area (Å²) < 4.78 is 0. The van der Waals surface area contributed by atoms with E-state index in [2.05, 4.69) is 40.3 Å². The van der Waals surface area contributed by atoms with E-state index in [-0.39, 0.29) is 0 Å². The van der Waals surface area contributed by atoms with Gasteiger partial charge in [-0.3, -0.25) is 0 Å². The summed E-state index contributed by atoms with van der Waals surface area (Å²) in [7, 11) is 0. The Morgan fingerprint density at radius 1 is 0.667 bits per heavy atom. The molecule has 0 aliphatic rings. The van der Waals surface area contributed by atoms with Crippen molar-refractivity contribution in [2.24, 2.45) is 0 Å². The molecule has 0 aliphatic carbocycles. The van der Waals surface area contributed by atoms with Crippen molar-refractivity contribution < 1.29 is 0 Å². The van der Waals surface area contributed by atoms with E-state index in [9.17, 15) is 0 Å². The second-order valence-corrected chi connectivity index (χ2v) is 5.51. The monoisotopic (exact) mass is 428 g/mol. The molecule has 0 aliphatic heterocycles. The van der Waals surface area contributed by atoms with Crippen LogP contribution in [0, 0.1) is 6.92 Å². The molecule has 0 unspecified atom stereocenters. The predicted octanol–water partition coefficient (Wildman–Crippen LogP) is 1.20. The molecule has 8 N–H and O–H groups in total. The van der Waals surface area contributed by atoms with E-state index in [1.807, 2.05) is 13.0 Å². The number of anilines is 4. The molecule has 156 valence electrons. The molecule has 12 nitrogen and oxygen atoms in total. The molecule has 4 aromatic rings. The molecule has 0 atom stereocenters. The largest absolute Gasteiger partial charge is 0.384 e. The summed E-state index contributed by atoms with van der Waals surface area (Å²) >= 11 is 5.38. The van der Waals surface area contributed by atoms with Gasteiger partial charge in [-0.25, -0.2) is 19.9 Å². The molecule has 4 rings (SSSR count). The maximum absolute atomic E-state index is 5.38. The first kappa shape index (κ1) is 23.8. The van der Waals surface area contributed by atoms with E-state index in [1.165, 1.54) is 6.33 Å². The number of hydrogen-bond donors (Lipinski definition) is 4. The van der Waals surface area contributed by atoms with E-state index in [1.54, 1.807) is 48.9 Å². The van der Waals surface area contributed by atoms with Crippen LogP contribution in [0.15, 0.2) is 61.3 Å². The maximum Gasteiger partial charge on any atom is 0.219 e. The Morgan fingerprint density at radius 2 is 1.30 bits per heavy atom. The molecule has 0 fully saturated rings. The first-order valence-electron chi connectivity index (χ1n) is 8.21. The quantitative estimate of drug-likeness (QED) is 0.311. The molecular formula is C17H21ClN12. The number of nitrogens with two attached hydrogens (primary N) is 4. The Hall–Kier alpha value is -4.19. The third-order valence-corrected chi connectivity index (χ3v) is 2.86. The van der Waals surface area contributed by atoms with Crippen molar-refractivity contribution in [3.63, 3.8) is 0 Å². The average Bonchev–Trinajstić information content (AvgIpc) is 2.75. The van der Waals surface area contributed by atoms with Crippen LogP contribution in [0.4, 0.5) is 23.4 Å². The van der Waals surface area contributed by atoms with Crippen molar-refractivity contribution in [1.29, 1.82) is 0 Å². The summed E-state index contributed by atoms with van der Waals surface area (Å²) in [6, 6.07) is 10.1. The zero-order valence-corrected chi connectivity index (χ0v) is 16.8. The van der Waals surface area contributed by atoms with Crippen LogP contribution in [0.1, 0.15) is 5.69 Å². The molecule has 0 spiro atoms. The van der Waals surface area contributed by atoms with Gasteiger partial charge < -0.3 is 22.9 Å². The van der Waals surface area contributed by atoms with Gasteiger partial charge in [0.05, 0.1) is 5.69 Å². The van der Waals surface area contributed by atoms with Gasteiger partial charge in [0.15, 0.2) is 5.15 Å². The van der Waals surface area contributed by atoms with Crippen LogP contribution in [0.25, 0.3) is 0 Å². The van der Waals surface area contributed by atoms with E-state index < -0.39 is 0 Å². The van der Waals surface area contributed by atoms with E-state index in [4.69, 9.17) is 34.5 Å². The molecule has 4 aromatic heterocycles. The first-order chi connectivity index (χ1) is 14.4. The van der Waals surface area contributed by atoms with Gasteiger partial charge in [0.1, 0.15) is 23.8 Å². The Labute approximate surface area is 177 Å². The number of halogens is 1. The number of aryl methyl sites for hydroxylation is 1. The second-order valence-electron chi connectivity index (χ2n) is 5.12. The third-order valence-electron chi connectivity index (χ3n) is 2.66. The first-order valence-corrected chi connectivity index (χ1v) is 8.59. The SMILES string of the molecule is Cc1ccc(N)nn1.Nc1ccc(Cl)nn1.Nc1ccncn1.Nc1ncccn1. The lowest BCUT2D eigenvalue weighted by Gasteiger charge is -1.87. The van der Waals surface area contributed by atoms with Gasteiger partial charge in [-0.1, -0.05) is 11.6 Å². The van der Waals surface area contributed by atoms with Gasteiger partial charge in [0.25, 0.3) is 0 Å². The Morgan fingerprint density at radius 3 is 1.60 bits per heavy atom. The summed E-state index contributed by atoms with van der Waals surface area (Å²) in [5, 5.41) is 14.6. The van der Waals surface area contributed by atoms with Crippen LogP contribution in [-0.2, 0) is 0 Å². The standard InChI is InChI=1S/C5H7N3.C4H4ClN3.2C4H5N3/c1-4-2-3-5(6)8-7-4;5-3-1-2-4(6)8-7-3;5-4-1-2-6-3-7-4;5-4-6-2-1-3-7-4/h2-3H,1H3,(H2,6,8);1-2H,(H2,6,8);2*1-3H,(H2,5,6,7). The predicted molar refractivity (Wildman–Crippen MR) is 116 cm³/mol. The fourth-order valence-electron chi connectivity index (χ4n) is 1.35. The average molecular weight is 429 g/mol. The van der Waals surface area contributed by atoms with Gasteiger partial charge in [-0.05, 0) is 43.3 Å². The van der Waals surface area contributed by atoms with Crippen molar-refractivity contribution >= 4 is 35.0 Å². The minimum atomic E-state index is 0.322. The number of hydrogen-bond acceptors (Lipinski definition) is 12. The molecule has 0 saturated carbocycles. The van der Waals surface area contributed by atoms with Crippen molar-refractivity contribution in [3.8, 4) is 0 Å². The van der Waals surface area contributed by atoms with E-state index >= 15 is 0 Å². The fraction of sp³-hybridized carbons (Fsp3) is 0.0588. The lowest BCUT2D eigenvalue weighted by atomic mass is 10.4. The topological polar surface area (TPSA) is 207 Å². The van der Waals surface area contributed by atoms with Crippen molar-refractivity contribution in [2.45, 2.75) is 6.92 Å². The highest BCUT2D eigenvalue weighted by atomic mass is 35.5. The highest BCUT2D eigenvalue weighted by Crippen LogP contribution is 2.01. The third kappa shape index (κ3) is 12.2. The number of aromatic nitrogens is 8. The van der Waals surface area contributed by atoms with Gasteiger partial charge in [0, 0.05) is 18.6 Å². The van der Waals surface area contributed by atoms with E-state index in [0.717, 1.165) is 5.69 Å². The second kappa shape index (κ2) is 13.9. The highest BCUT2D eigenvalue weighted by Gasteiger charge is 1.85. The maximum atomic E-state index is 5.38. The van der Waals surface area contributed by atoms with E-state index in [0.29, 0.717) is 28.6 Å².